The highest BCUT2D eigenvalue weighted by Crippen LogP contribution is 2.40. The lowest BCUT2D eigenvalue weighted by Gasteiger charge is -2.24. The topological polar surface area (TPSA) is 127 Å². The van der Waals surface area contributed by atoms with Crippen molar-refractivity contribution in [3.63, 3.8) is 0 Å². The normalized spacial score (nSPS) is 13.5. The molecule has 3 aromatic rings. The monoisotopic (exact) mass is 450 g/mol. The van der Waals surface area contributed by atoms with Gasteiger partial charge >= 0.3 is 0 Å². The van der Waals surface area contributed by atoms with Crippen molar-refractivity contribution in [1.29, 1.82) is 0 Å². The number of nitrogen functional groups attached to an aromatic ring is 1. The molecule has 7 nitrogen and oxygen atoms in total. The predicted octanol–water partition coefficient (Wildman–Crippen LogP) is 4.33. The second-order valence-electron chi connectivity index (χ2n) is 8.72. The second kappa shape index (κ2) is 7.29. The zero-order valence-corrected chi connectivity index (χ0v) is 18.6. The molecule has 4 rings (SSSR count). The van der Waals surface area contributed by atoms with Gasteiger partial charge in [-0.15, -0.1) is 0 Å². The first kappa shape index (κ1) is 21.7. The molecule has 0 aliphatic heterocycles. The fourth-order valence-electron chi connectivity index (χ4n) is 3.81. The van der Waals surface area contributed by atoms with Gasteiger partial charge in [0.15, 0.2) is 11.6 Å². The zero-order valence-electron chi connectivity index (χ0n) is 17.8. The van der Waals surface area contributed by atoms with E-state index in [2.05, 4.69) is 26.1 Å². The molecule has 0 heterocycles. The van der Waals surface area contributed by atoms with Gasteiger partial charge in [0.25, 0.3) is 10.1 Å². The van der Waals surface area contributed by atoms with Gasteiger partial charge in [-0.05, 0) is 29.2 Å². The SMILES string of the molecule is CC(C)(C)c1ccc(Nc2cc(S(=O)(=O)O)c(N)c3c2C(=O)c2ccccc2C3=O)cc1. The minimum absolute atomic E-state index is 0.0292. The molecule has 0 radical (unpaired) electrons. The summed E-state index contributed by atoms with van der Waals surface area (Å²) in [5, 5.41) is 3.03. The number of hydrogen-bond donors (Lipinski definition) is 3. The molecule has 1 aliphatic rings. The third-order valence-electron chi connectivity index (χ3n) is 5.51. The fraction of sp³-hybridized carbons (Fsp3) is 0.167. The van der Waals surface area contributed by atoms with Gasteiger partial charge in [-0.1, -0.05) is 57.2 Å². The quantitative estimate of drug-likeness (QED) is 0.313. The van der Waals surface area contributed by atoms with Crippen molar-refractivity contribution in [3.8, 4) is 0 Å². The zero-order chi connectivity index (χ0) is 23.4. The molecule has 8 heteroatoms. The summed E-state index contributed by atoms with van der Waals surface area (Å²) in [6.45, 7) is 6.23. The van der Waals surface area contributed by atoms with E-state index >= 15 is 0 Å². The average molecular weight is 451 g/mol. The molecule has 0 amide bonds. The van der Waals surface area contributed by atoms with Crippen LogP contribution < -0.4 is 11.1 Å². The fourth-order valence-corrected chi connectivity index (χ4v) is 4.46. The molecule has 0 unspecified atom stereocenters. The van der Waals surface area contributed by atoms with E-state index in [4.69, 9.17) is 5.73 Å². The standard InChI is InChI=1S/C24H22N2O5S/c1-24(2,3)13-8-10-14(11-9-13)26-17-12-18(32(29,30)31)21(25)20-19(17)22(27)15-6-4-5-7-16(15)23(20)28/h4-12,26H,25H2,1-3H3,(H,29,30,31). The van der Waals surface area contributed by atoms with Crippen molar-refractivity contribution in [3.05, 3.63) is 82.4 Å². The van der Waals surface area contributed by atoms with Crippen LogP contribution in [0, 0.1) is 0 Å². The Morgan fingerprint density at radius 1 is 0.875 bits per heavy atom. The van der Waals surface area contributed by atoms with Crippen LogP contribution in [-0.4, -0.2) is 24.5 Å². The molecule has 0 saturated heterocycles. The summed E-state index contributed by atoms with van der Waals surface area (Å²) in [5.74, 6) is -1.04. The molecular formula is C24H22N2O5S. The van der Waals surface area contributed by atoms with E-state index in [1.165, 1.54) is 12.1 Å². The largest absolute Gasteiger partial charge is 0.397 e. The number of fused-ring (bicyclic) bond motifs is 2. The van der Waals surface area contributed by atoms with Crippen molar-refractivity contribution >= 4 is 38.7 Å². The predicted molar refractivity (Wildman–Crippen MR) is 122 cm³/mol. The summed E-state index contributed by atoms with van der Waals surface area (Å²) in [6.07, 6.45) is 0. The first-order valence-electron chi connectivity index (χ1n) is 9.89. The number of carbonyl (C=O) groups is 2. The van der Waals surface area contributed by atoms with Gasteiger partial charge in [0, 0.05) is 16.8 Å². The molecule has 0 bridgehead atoms. The van der Waals surface area contributed by atoms with E-state index in [9.17, 15) is 22.6 Å². The molecule has 0 fully saturated rings. The Kier molecular flexibility index (Phi) is 4.95. The van der Waals surface area contributed by atoms with Gasteiger partial charge in [-0.2, -0.15) is 8.42 Å². The van der Waals surface area contributed by atoms with E-state index in [0.717, 1.165) is 11.6 Å². The van der Waals surface area contributed by atoms with Crippen LogP contribution in [0.25, 0.3) is 0 Å². The van der Waals surface area contributed by atoms with Crippen LogP contribution in [0.2, 0.25) is 0 Å². The first-order chi connectivity index (χ1) is 14.9. The molecular weight excluding hydrogens is 428 g/mol. The van der Waals surface area contributed by atoms with E-state index < -0.39 is 32.3 Å². The van der Waals surface area contributed by atoms with Crippen molar-refractivity contribution in [2.45, 2.75) is 31.1 Å². The lowest BCUT2D eigenvalue weighted by atomic mass is 9.82. The number of nitrogens with one attached hydrogen (secondary N) is 1. The number of nitrogens with two attached hydrogens (primary N) is 1. The van der Waals surface area contributed by atoms with Crippen LogP contribution >= 0.6 is 0 Å². The van der Waals surface area contributed by atoms with Crippen LogP contribution in [-0.2, 0) is 15.5 Å². The van der Waals surface area contributed by atoms with Crippen molar-refractivity contribution < 1.29 is 22.6 Å². The Morgan fingerprint density at radius 3 is 1.91 bits per heavy atom. The van der Waals surface area contributed by atoms with E-state index in [-0.39, 0.29) is 33.4 Å². The number of hydrogen-bond acceptors (Lipinski definition) is 6. The number of ketones is 2. The van der Waals surface area contributed by atoms with Gasteiger partial charge in [-0.25, -0.2) is 0 Å². The Hall–Kier alpha value is -3.49. The highest BCUT2D eigenvalue weighted by atomic mass is 32.2. The van der Waals surface area contributed by atoms with Gasteiger partial charge in [-0.3, -0.25) is 14.1 Å². The Bertz CT molecular complexity index is 1390. The summed E-state index contributed by atoms with van der Waals surface area (Å²) in [6, 6.07) is 14.8. The van der Waals surface area contributed by atoms with Crippen molar-refractivity contribution in [1.82, 2.24) is 0 Å². The highest BCUT2D eigenvalue weighted by molar-refractivity contribution is 7.86. The molecule has 164 valence electrons. The molecule has 32 heavy (non-hydrogen) atoms. The van der Waals surface area contributed by atoms with Crippen LogP contribution in [0.4, 0.5) is 17.1 Å². The molecule has 1 aliphatic carbocycles. The maximum absolute atomic E-state index is 13.3. The Balaban J connectivity index is 1.93. The maximum Gasteiger partial charge on any atom is 0.296 e. The summed E-state index contributed by atoms with van der Waals surface area (Å²) in [7, 11) is -4.75. The van der Waals surface area contributed by atoms with E-state index in [1.807, 2.05) is 12.1 Å². The van der Waals surface area contributed by atoms with Gasteiger partial charge < -0.3 is 11.1 Å². The lowest BCUT2D eigenvalue weighted by molar-refractivity contribution is 0.0980. The Labute approximate surface area is 186 Å². The van der Waals surface area contributed by atoms with Gasteiger partial charge in [0.05, 0.1) is 22.5 Å². The van der Waals surface area contributed by atoms with Gasteiger partial charge in [0.1, 0.15) is 4.90 Å². The van der Waals surface area contributed by atoms with Crippen LogP contribution in [0.5, 0.6) is 0 Å². The van der Waals surface area contributed by atoms with E-state index in [1.54, 1.807) is 24.3 Å². The first-order valence-corrected chi connectivity index (χ1v) is 11.3. The van der Waals surface area contributed by atoms with Gasteiger partial charge in [0.2, 0.25) is 0 Å². The lowest BCUT2D eigenvalue weighted by Crippen LogP contribution is -2.25. The summed E-state index contributed by atoms with van der Waals surface area (Å²) in [5.41, 5.74) is 7.26. The van der Waals surface area contributed by atoms with Crippen LogP contribution in [0.15, 0.2) is 59.5 Å². The minimum Gasteiger partial charge on any atom is -0.397 e. The molecule has 0 aromatic heterocycles. The third kappa shape index (κ3) is 3.57. The molecule has 3 aromatic carbocycles. The number of benzene rings is 3. The van der Waals surface area contributed by atoms with E-state index in [0.29, 0.717) is 5.69 Å². The molecule has 0 atom stereocenters. The van der Waals surface area contributed by atoms with Crippen LogP contribution in [0.1, 0.15) is 58.2 Å². The summed E-state index contributed by atoms with van der Waals surface area (Å²) < 4.78 is 33.7. The van der Waals surface area contributed by atoms with Crippen LogP contribution in [0.3, 0.4) is 0 Å². The number of rotatable bonds is 3. The molecule has 0 spiro atoms. The molecule has 0 saturated carbocycles. The second-order valence-corrected chi connectivity index (χ2v) is 10.1. The minimum atomic E-state index is -4.75. The highest BCUT2D eigenvalue weighted by Gasteiger charge is 2.36. The average Bonchev–Trinajstić information content (AvgIpc) is 2.72. The summed E-state index contributed by atoms with van der Waals surface area (Å²) in [4.78, 5) is 25.8. The number of anilines is 3. The third-order valence-corrected chi connectivity index (χ3v) is 6.40. The molecule has 4 N–H and O–H groups in total. The van der Waals surface area contributed by atoms with Crippen molar-refractivity contribution in [2.75, 3.05) is 11.1 Å². The smallest absolute Gasteiger partial charge is 0.296 e. The Morgan fingerprint density at radius 2 is 1.41 bits per heavy atom. The summed E-state index contributed by atoms with van der Waals surface area (Å²) >= 11 is 0. The van der Waals surface area contributed by atoms with Crippen molar-refractivity contribution in [2.24, 2.45) is 0 Å². The maximum atomic E-state index is 13.3. The number of carbonyl (C=O) groups excluding carboxylic acids is 2.